The van der Waals surface area contributed by atoms with Crippen LogP contribution in [0.1, 0.15) is 15.9 Å². The van der Waals surface area contributed by atoms with Gasteiger partial charge in [-0.2, -0.15) is 0 Å². The molecule has 0 fully saturated rings. The van der Waals surface area contributed by atoms with E-state index in [1.165, 1.54) is 0 Å². The molecular weight excluding hydrogens is 230 g/mol. The number of nitrogen functional groups attached to an aromatic ring is 1. The summed E-state index contributed by atoms with van der Waals surface area (Å²) < 4.78 is 5.51. The summed E-state index contributed by atoms with van der Waals surface area (Å²) in [5.74, 6) is 0.500. The van der Waals surface area contributed by atoms with Crippen molar-refractivity contribution in [3.63, 3.8) is 0 Å². The average molecular weight is 243 g/mol. The molecule has 0 atom stereocenters. The molecule has 0 aliphatic rings. The van der Waals surface area contributed by atoms with Gasteiger partial charge in [-0.1, -0.05) is 0 Å². The summed E-state index contributed by atoms with van der Waals surface area (Å²) in [5.41, 5.74) is 12.8. The average Bonchev–Trinajstić information content (AvgIpc) is 2.34. The Hall–Kier alpha value is -2.56. The van der Waals surface area contributed by atoms with Crippen molar-refractivity contribution in [1.29, 1.82) is 0 Å². The molecule has 1 amide bonds. The zero-order chi connectivity index (χ0) is 13.1. The van der Waals surface area contributed by atoms with Crippen molar-refractivity contribution in [3.8, 4) is 11.6 Å². The van der Waals surface area contributed by atoms with E-state index in [-0.39, 0.29) is 0 Å². The second kappa shape index (κ2) is 4.75. The molecular formula is C13H13N3O2. The van der Waals surface area contributed by atoms with Gasteiger partial charge >= 0.3 is 0 Å². The summed E-state index contributed by atoms with van der Waals surface area (Å²) in [6.45, 7) is 1.87. The predicted octanol–water partition coefficient (Wildman–Crippen LogP) is 1.86. The van der Waals surface area contributed by atoms with E-state index in [1.54, 1.807) is 36.5 Å². The van der Waals surface area contributed by atoms with Crippen LogP contribution < -0.4 is 16.2 Å². The minimum absolute atomic E-state index is 0.407. The molecule has 1 aromatic carbocycles. The number of rotatable bonds is 3. The number of pyridine rings is 1. The topological polar surface area (TPSA) is 91.2 Å². The van der Waals surface area contributed by atoms with Crippen LogP contribution in [0.4, 0.5) is 5.69 Å². The first-order valence-corrected chi connectivity index (χ1v) is 5.36. The van der Waals surface area contributed by atoms with Gasteiger partial charge in [-0.25, -0.2) is 4.98 Å². The van der Waals surface area contributed by atoms with E-state index in [9.17, 15) is 4.79 Å². The van der Waals surface area contributed by atoms with Crippen LogP contribution in [0, 0.1) is 6.92 Å². The van der Waals surface area contributed by atoms with Gasteiger partial charge in [-0.3, -0.25) is 4.79 Å². The molecule has 0 saturated heterocycles. The number of aromatic nitrogens is 1. The number of carbonyl (C=O) groups excluding carboxylic acids is 1. The highest BCUT2D eigenvalue weighted by Crippen LogP contribution is 2.22. The lowest BCUT2D eigenvalue weighted by Crippen LogP contribution is -2.10. The Bertz CT molecular complexity index is 579. The summed E-state index contributed by atoms with van der Waals surface area (Å²) in [6, 6.07) is 8.14. The highest BCUT2D eigenvalue weighted by molar-refractivity contribution is 5.92. The van der Waals surface area contributed by atoms with Crippen LogP contribution in [0.5, 0.6) is 11.6 Å². The Morgan fingerprint density at radius 1 is 1.28 bits per heavy atom. The zero-order valence-corrected chi connectivity index (χ0v) is 9.88. The molecule has 92 valence electrons. The van der Waals surface area contributed by atoms with E-state index in [2.05, 4.69) is 4.98 Å². The smallest absolute Gasteiger partial charge is 0.248 e. The van der Waals surface area contributed by atoms with E-state index < -0.39 is 5.91 Å². The third-order valence-corrected chi connectivity index (χ3v) is 2.48. The van der Waals surface area contributed by atoms with E-state index in [1.807, 2.05) is 6.92 Å². The minimum Gasteiger partial charge on any atom is -0.439 e. The molecule has 1 aromatic heterocycles. The molecule has 2 aromatic rings. The quantitative estimate of drug-likeness (QED) is 0.860. The van der Waals surface area contributed by atoms with Gasteiger partial charge in [0.05, 0.1) is 0 Å². The van der Waals surface area contributed by atoms with Gasteiger partial charge in [0.1, 0.15) is 5.75 Å². The van der Waals surface area contributed by atoms with Gasteiger partial charge in [0.15, 0.2) is 0 Å². The van der Waals surface area contributed by atoms with E-state index in [0.717, 1.165) is 5.56 Å². The lowest BCUT2D eigenvalue weighted by Gasteiger charge is -2.06. The Labute approximate surface area is 104 Å². The molecule has 5 heteroatoms. The van der Waals surface area contributed by atoms with Crippen molar-refractivity contribution in [3.05, 3.63) is 47.7 Å². The molecule has 0 saturated carbocycles. The number of hydrogen-bond donors (Lipinski definition) is 2. The number of hydrogen-bond acceptors (Lipinski definition) is 4. The first-order valence-electron chi connectivity index (χ1n) is 5.36. The fraction of sp³-hybridized carbons (Fsp3) is 0.0769. The summed E-state index contributed by atoms with van der Waals surface area (Å²) in [5, 5.41) is 0. The lowest BCUT2D eigenvalue weighted by molar-refractivity contribution is 0.100. The van der Waals surface area contributed by atoms with Crippen LogP contribution in [-0.4, -0.2) is 10.9 Å². The summed E-state index contributed by atoms with van der Waals surface area (Å²) >= 11 is 0. The molecule has 0 unspecified atom stereocenters. The summed E-state index contributed by atoms with van der Waals surface area (Å²) in [4.78, 5) is 15.0. The summed E-state index contributed by atoms with van der Waals surface area (Å²) in [7, 11) is 0. The largest absolute Gasteiger partial charge is 0.439 e. The number of aryl methyl sites for hydroxylation is 1. The third kappa shape index (κ3) is 2.57. The molecule has 1 heterocycles. The highest BCUT2D eigenvalue weighted by Gasteiger charge is 2.03. The lowest BCUT2D eigenvalue weighted by atomic mass is 10.2. The Balaban J connectivity index is 2.18. The van der Waals surface area contributed by atoms with Crippen molar-refractivity contribution in [2.24, 2.45) is 5.73 Å². The van der Waals surface area contributed by atoms with Gasteiger partial charge < -0.3 is 16.2 Å². The number of primary amides is 1. The van der Waals surface area contributed by atoms with Crippen LogP contribution in [0.15, 0.2) is 36.5 Å². The van der Waals surface area contributed by atoms with Gasteiger partial charge in [0.2, 0.25) is 11.8 Å². The Morgan fingerprint density at radius 2 is 1.94 bits per heavy atom. The maximum absolute atomic E-state index is 10.9. The SMILES string of the molecule is Cc1cnc(Oc2ccc(C(N)=O)cc2)cc1N. The molecule has 2 rings (SSSR count). The van der Waals surface area contributed by atoms with E-state index in [4.69, 9.17) is 16.2 Å². The molecule has 0 radical (unpaired) electrons. The van der Waals surface area contributed by atoms with Crippen LogP contribution >= 0.6 is 0 Å². The number of nitrogens with zero attached hydrogens (tertiary/aromatic N) is 1. The molecule has 0 aliphatic carbocycles. The fourth-order valence-electron chi connectivity index (χ4n) is 1.38. The number of benzene rings is 1. The number of carbonyl (C=O) groups is 1. The molecule has 0 aliphatic heterocycles. The first-order chi connectivity index (χ1) is 8.56. The standard InChI is InChI=1S/C13H13N3O2/c1-8-7-16-12(6-11(8)14)18-10-4-2-9(3-5-10)13(15)17/h2-7H,1H3,(H2,14,16)(H2,15,17). The van der Waals surface area contributed by atoms with Gasteiger partial charge in [0.25, 0.3) is 0 Å². The predicted molar refractivity (Wildman–Crippen MR) is 68.4 cm³/mol. The number of anilines is 1. The molecule has 0 bridgehead atoms. The number of nitrogens with two attached hydrogens (primary N) is 2. The molecule has 4 N–H and O–H groups in total. The molecule has 18 heavy (non-hydrogen) atoms. The van der Waals surface area contributed by atoms with Gasteiger partial charge in [-0.15, -0.1) is 0 Å². The van der Waals surface area contributed by atoms with Crippen molar-refractivity contribution in [2.75, 3.05) is 5.73 Å². The monoisotopic (exact) mass is 243 g/mol. The van der Waals surface area contributed by atoms with Crippen LogP contribution in [0.3, 0.4) is 0 Å². The normalized spacial score (nSPS) is 10.1. The van der Waals surface area contributed by atoms with Gasteiger partial charge in [0, 0.05) is 23.5 Å². The highest BCUT2D eigenvalue weighted by atomic mass is 16.5. The van der Waals surface area contributed by atoms with E-state index >= 15 is 0 Å². The van der Waals surface area contributed by atoms with Crippen LogP contribution in [0.25, 0.3) is 0 Å². The Morgan fingerprint density at radius 3 is 2.50 bits per heavy atom. The third-order valence-electron chi connectivity index (χ3n) is 2.48. The maximum Gasteiger partial charge on any atom is 0.248 e. The molecule has 5 nitrogen and oxygen atoms in total. The Kier molecular flexibility index (Phi) is 3.14. The van der Waals surface area contributed by atoms with Crippen LogP contribution in [-0.2, 0) is 0 Å². The van der Waals surface area contributed by atoms with Crippen molar-refractivity contribution in [1.82, 2.24) is 4.98 Å². The summed E-state index contributed by atoms with van der Waals surface area (Å²) in [6.07, 6.45) is 1.64. The zero-order valence-electron chi connectivity index (χ0n) is 9.88. The number of amides is 1. The number of ether oxygens (including phenoxy) is 1. The van der Waals surface area contributed by atoms with E-state index in [0.29, 0.717) is 22.9 Å². The maximum atomic E-state index is 10.9. The second-order valence-electron chi connectivity index (χ2n) is 3.87. The second-order valence-corrected chi connectivity index (χ2v) is 3.87. The van der Waals surface area contributed by atoms with Gasteiger partial charge in [-0.05, 0) is 36.8 Å². The van der Waals surface area contributed by atoms with Crippen molar-refractivity contribution >= 4 is 11.6 Å². The van der Waals surface area contributed by atoms with Crippen molar-refractivity contribution < 1.29 is 9.53 Å². The molecule has 0 spiro atoms. The minimum atomic E-state index is -0.473. The van der Waals surface area contributed by atoms with Crippen molar-refractivity contribution in [2.45, 2.75) is 6.92 Å². The fourth-order valence-corrected chi connectivity index (χ4v) is 1.38. The first kappa shape index (κ1) is 11.9. The van der Waals surface area contributed by atoms with Crippen LogP contribution in [0.2, 0.25) is 0 Å².